The summed E-state index contributed by atoms with van der Waals surface area (Å²) in [5.74, 6) is -0.577. The largest absolute Gasteiger partial charge is 0.461 e. The van der Waals surface area contributed by atoms with Crippen LogP contribution >= 0.6 is 11.6 Å². The highest BCUT2D eigenvalue weighted by atomic mass is 35.5. The van der Waals surface area contributed by atoms with Gasteiger partial charge in [0, 0.05) is 0 Å². The number of ether oxygens (including phenoxy) is 1. The number of carbonyl (C=O) groups excluding carboxylic acids is 1. The summed E-state index contributed by atoms with van der Waals surface area (Å²) in [5, 5.41) is 3.77. The van der Waals surface area contributed by atoms with E-state index in [2.05, 4.69) is 15.1 Å². The summed E-state index contributed by atoms with van der Waals surface area (Å²) in [6.45, 7) is 1.87. The van der Waals surface area contributed by atoms with Gasteiger partial charge in [-0.15, -0.1) is 0 Å². The zero-order valence-corrected chi connectivity index (χ0v) is 10.6. The van der Waals surface area contributed by atoms with Gasteiger partial charge >= 0.3 is 5.97 Å². The van der Waals surface area contributed by atoms with Gasteiger partial charge in [-0.1, -0.05) is 11.6 Å². The molecule has 0 bridgehead atoms. The Hall–Kier alpha value is -2.35. The molecule has 8 nitrogen and oxygen atoms in total. The van der Waals surface area contributed by atoms with Crippen LogP contribution in [0, 0.1) is 0 Å². The van der Waals surface area contributed by atoms with Crippen LogP contribution in [0.15, 0.2) is 17.3 Å². The van der Waals surface area contributed by atoms with Crippen LogP contribution in [0.2, 0.25) is 5.02 Å². The molecule has 0 spiro atoms. The number of hydrogen-bond donors (Lipinski definition) is 2. The van der Waals surface area contributed by atoms with Crippen LogP contribution in [0.5, 0.6) is 0 Å². The maximum atomic E-state index is 11.6. The smallest absolute Gasteiger partial charge is 0.361 e. The Labute approximate surface area is 112 Å². The van der Waals surface area contributed by atoms with Crippen LogP contribution in [0.25, 0.3) is 5.82 Å². The second-order valence-corrected chi connectivity index (χ2v) is 3.85. The lowest BCUT2D eigenvalue weighted by Crippen LogP contribution is -2.13. The van der Waals surface area contributed by atoms with E-state index in [1.165, 1.54) is 12.5 Å². The fourth-order valence-corrected chi connectivity index (χ4v) is 1.58. The first kappa shape index (κ1) is 13.1. The Morgan fingerprint density at radius 1 is 1.63 bits per heavy atom. The number of nitrogens with one attached hydrogen (secondary N) is 1. The monoisotopic (exact) mass is 283 g/mol. The van der Waals surface area contributed by atoms with E-state index in [1.807, 2.05) is 0 Å². The van der Waals surface area contributed by atoms with Crippen molar-refractivity contribution >= 4 is 23.3 Å². The topological polar surface area (TPSA) is 116 Å². The zero-order chi connectivity index (χ0) is 14.0. The molecule has 0 aliphatic heterocycles. The minimum atomic E-state index is -0.653. The molecule has 0 unspecified atom stereocenters. The molecule has 0 atom stereocenters. The molecule has 9 heteroatoms. The van der Waals surface area contributed by atoms with Crippen LogP contribution in [-0.4, -0.2) is 32.3 Å². The van der Waals surface area contributed by atoms with Gasteiger partial charge in [0.25, 0.3) is 5.56 Å². The molecule has 2 aromatic heterocycles. The summed E-state index contributed by atoms with van der Waals surface area (Å²) in [5.41, 5.74) is 5.19. The van der Waals surface area contributed by atoms with Gasteiger partial charge in [-0.3, -0.25) is 4.79 Å². The fourth-order valence-electron chi connectivity index (χ4n) is 1.39. The molecule has 2 aromatic rings. The molecular formula is C10H10ClN5O3. The summed E-state index contributed by atoms with van der Waals surface area (Å²) in [6.07, 6.45) is 2.51. The van der Waals surface area contributed by atoms with E-state index < -0.39 is 11.5 Å². The molecule has 0 saturated carbocycles. The first-order valence-electron chi connectivity index (χ1n) is 5.30. The van der Waals surface area contributed by atoms with Crippen molar-refractivity contribution in [3.8, 4) is 5.82 Å². The third kappa shape index (κ3) is 2.43. The Kier molecular flexibility index (Phi) is 3.52. The van der Waals surface area contributed by atoms with Gasteiger partial charge in [0.05, 0.1) is 24.8 Å². The Morgan fingerprint density at radius 3 is 3.05 bits per heavy atom. The first-order valence-corrected chi connectivity index (χ1v) is 5.68. The Bertz CT molecular complexity index is 678. The number of esters is 1. The van der Waals surface area contributed by atoms with E-state index >= 15 is 0 Å². The van der Waals surface area contributed by atoms with Gasteiger partial charge in [-0.25, -0.2) is 14.5 Å². The second kappa shape index (κ2) is 5.11. The molecule has 0 saturated heterocycles. The van der Waals surface area contributed by atoms with E-state index in [0.29, 0.717) is 0 Å². The van der Waals surface area contributed by atoms with Crippen molar-refractivity contribution in [2.45, 2.75) is 6.92 Å². The number of nitrogens with zero attached hydrogens (tertiary/aromatic N) is 3. The van der Waals surface area contributed by atoms with Crippen LogP contribution < -0.4 is 11.3 Å². The molecule has 0 aliphatic carbocycles. The first-order chi connectivity index (χ1) is 9.04. The third-order valence-electron chi connectivity index (χ3n) is 2.21. The highest BCUT2D eigenvalue weighted by Gasteiger charge is 2.18. The van der Waals surface area contributed by atoms with Gasteiger partial charge in [0.2, 0.25) is 0 Å². The number of carbonyl (C=O) groups is 1. The molecule has 19 heavy (non-hydrogen) atoms. The molecule has 100 valence electrons. The number of H-pyrrole nitrogens is 1. The zero-order valence-electron chi connectivity index (χ0n) is 9.88. The van der Waals surface area contributed by atoms with Crippen LogP contribution in [-0.2, 0) is 4.74 Å². The molecule has 2 heterocycles. The predicted octanol–water partition coefficient (Wildman–Crippen LogP) is 0.368. The van der Waals surface area contributed by atoms with Crippen molar-refractivity contribution in [2.24, 2.45) is 0 Å². The van der Waals surface area contributed by atoms with Crippen molar-refractivity contribution in [3.05, 3.63) is 33.6 Å². The standard InChI is InChI=1S/C10H10ClN5O3/c1-2-19-10(18)7-5(12)3-16(15-7)8-6(11)9(17)14-4-13-8/h3-4H,2,12H2,1H3,(H,13,14,17). The lowest BCUT2D eigenvalue weighted by Gasteiger charge is -2.01. The molecule has 0 aromatic carbocycles. The summed E-state index contributed by atoms with van der Waals surface area (Å²) in [7, 11) is 0. The summed E-state index contributed by atoms with van der Waals surface area (Å²) >= 11 is 5.81. The van der Waals surface area contributed by atoms with Crippen molar-refractivity contribution < 1.29 is 9.53 Å². The van der Waals surface area contributed by atoms with Crippen LogP contribution in [0.4, 0.5) is 5.69 Å². The summed E-state index contributed by atoms with van der Waals surface area (Å²) in [4.78, 5) is 29.1. The van der Waals surface area contributed by atoms with Crippen molar-refractivity contribution in [1.82, 2.24) is 19.7 Å². The quantitative estimate of drug-likeness (QED) is 0.786. The highest BCUT2D eigenvalue weighted by molar-refractivity contribution is 6.31. The van der Waals surface area contributed by atoms with E-state index in [1.54, 1.807) is 6.92 Å². The highest BCUT2D eigenvalue weighted by Crippen LogP contribution is 2.17. The lowest BCUT2D eigenvalue weighted by molar-refractivity contribution is 0.0520. The molecule has 0 fully saturated rings. The minimum Gasteiger partial charge on any atom is -0.461 e. The van der Waals surface area contributed by atoms with Crippen molar-refractivity contribution in [1.29, 1.82) is 0 Å². The van der Waals surface area contributed by atoms with Gasteiger partial charge in [0.1, 0.15) is 0 Å². The van der Waals surface area contributed by atoms with E-state index in [9.17, 15) is 9.59 Å². The second-order valence-electron chi connectivity index (χ2n) is 3.47. The van der Waals surface area contributed by atoms with Crippen LogP contribution in [0.1, 0.15) is 17.4 Å². The number of aromatic nitrogens is 4. The minimum absolute atomic E-state index is 0.0556. The molecule has 3 N–H and O–H groups in total. The van der Waals surface area contributed by atoms with Gasteiger partial charge in [-0.2, -0.15) is 5.10 Å². The Morgan fingerprint density at radius 2 is 2.37 bits per heavy atom. The number of aromatic amines is 1. The number of nitrogen functional groups attached to an aromatic ring is 1. The number of nitrogens with two attached hydrogens (primary N) is 1. The van der Waals surface area contributed by atoms with Crippen molar-refractivity contribution in [2.75, 3.05) is 12.3 Å². The van der Waals surface area contributed by atoms with Gasteiger partial charge < -0.3 is 15.5 Å². The molecule has 0 radical (unpaired) electrons. The number of hydrogen-bond acceptors (Lipinski definition) is 6. The van der Waals surface area contributed by atoms with E-state index in [-0.39, 0.29) is 28.8 Å². The molecule has 0 aliphatic rings. The SMILES string of the molecule is CCOC(=O)c1nn(-c2nc[nH]c(=O)c2Cl)cc1N. The fraction of sp³-hybridized carbons (Fsp3) is 0.200. The maximum Gasteiger partial charge on any atom is 0.361 e. The summed E-state index contributed by atoms with van der Waals surface area (Å²) in [6, 6.07) is 0. The van der Waals surface area contributed by atoms with E-state index in [0.717, 1.165) is 4.68 Å². The van der Waals surface area contributed by atoms with Crippen molar-refractivity contribution in [3.63, 3.8) is 0 Å². The Balaban J connectivity index is 2.48. The normalized spacial score (nSPS) is 10.4. The van der Waals surface area contributed by atoms with E-state index in [4.69, 9.17) is 22.1 Å². The van der Waals surface area contributed by atoms with Gasteiger partial charge in [-0.05, 0) is 6.92 Å². The average Bonchev–Trinajstić information content (AvgIpc) is 2.75. The molecule has 2 rings (SSSR count). The third-order valence-corrected chi connectivity index (χ3v) is 2.55. The van der Waals surface area contributed by atoms with Crippen LogP contribution in [0.3, 0.4) is 0 Å². The number of rotatable bonds is 3. The number of halogens is 1. The van der Waals surface area contributed by atoms with Gasteiger partial charge in [0.15, 0.2) is 16.5 Å². The predicted molar refractivity (Wildman–Crippen MR) is 67.4 cm³/mol. The number of anilines is 1. The molecular weight excluding hydrogens is 274 g/mol. The molecule has 0 amide bonds. The average molecular weight is 284 g/mol. The summed E-state index contributed by atoms with van der Waals surface area (Å²) < 4.78 is 5.95. The maximum absolute atomic E-state index is 11.6. The lowest BCUT2D eigenvalue weighted by atomic mass is 10.4.